The summed E-state index contributed by atoms with van der Waals surface area (Å²) in [5.41, 5.74) is 3.40. The van der Waals surface area contributed by atoms with Gasteiger partial charge in [-0.05, 0) is 25.2 Å². The van der Waals surface area contributed by atoms with Crippen LogP contribution in [0.3, 0.4) is 0 Å². The minimum Gasteiger partial charge on any atom is -0.252 e. The molecule has 2 aliphatic rings. The lowest BCUT2D eigenvalue weighted by Crippen LogP contribution is -2.47. The van der Waals surface area contributed by atoms with Gasteiger partial charge in [-0.1, -0.05) is 0 Å². The summed E-state index contributed by atoms with van der Waals surface area (Å²) in [7, 11) is 2.13. The molecule has 2 nitrogen and oxygen atoms in total. The third kappa shape index (κ3) is 0.864. The van der Waals surface area contributed by atoms with Crippen LogP contribution in [0, 0.1) is 11.8 Å². The van der Waals surface area contributed by atoms with Gasteiger partial charge in [0.1, 0.15) is 0 Å². The molecule has 0 aromatic carbocycles. The largest absolute Gasteiger partial charge is 0.252 e. The lowest BCUT2D eigenvalue weighted by atomic mass is 10.1. The summed E-state index contributed by atoms with van der Waals surface area (Å²) in [6.07, 6.45) is 1.46. The van der Waals surface area contributed by atoms with Gasteiger partial charge < -0.3 is 0 Å². The monoisotopic (exact) mass is 126 g/mol. The van der Waals surface area contributed by atoms with Crippen LogP contribution in [-0.2, 0) is 0 Å². The first-order valence-electron chi connectivity index (χ1n) is 3.74. The Hall–Kier alpha value is -0.0800. The first-order chi connectivity index (χ1) is 4.27. The lowest BCUT2D eigenvalue weighted by molar-refractivity contribution is 0.146. The Bertz CT molecular complexity index is 124. The number of nitrogens with one attached hydrogen (secondary N) is 1. The fraction of sp³-hybridized carbons (Fsp3) is 1.00. The van der Waals surface area contributed by atoms with Crippen molar-refractivity contribution >= 4 is 0 Å². The van der Waals surface area contributed by atoms with E-state index in [-0.39, 0.29) is 0 Å². The molecule has 3 atom stereocenters. The maximum Gasteiger partial charge on any atom is 0.0218 e. The van der Waals surface area contributed by atoms with E-state index in [2.05, 4.69) is 24.4 Å². The van der Waals surface area contributed by atoms with Crippen molar-refractivity contribution in [3.63, 3.8) is 0 Å². The van der Waals surface area contributed by atoms with Crippen LogP contribution in [0.15, 0.2) is 0 Å². The molecular weight excluding hydrogens is 112 g/mol. The Kier molecular flexibility index (Phi) is 1.08. The first kappa shape index (κ1) is 5.69. The molecular formula is C7H14N2. The van der Waals surface area contributed by atoms with E-state index >= 15 is 0 Å². The van der Waals surface area contributed by atoms with E-state index in [1.54, 1.807) is 0 Å². The highest BCUT2D eigenvalue weighted by Crippen LogP contribution is 2.43. The van der Waals surface area contributed by atoms with Crippen molar-refractivity contribution in [2.24, 2.45) is 11.8 Å². The van der Waals surface area contributed by atoms with E-state index in [4.69, 9.17) is 0 Å². The zero-order chi connectivity index (χ0) is 6.43. The number of hydrogen-bond acceptors (Lipinski definition) is 2. The van der Waals surface area contributed by atoms with Crippen LogP contribution in [0.2, 0.25) is 0 Å². The number of rotatable bonds is 0. The van der Waals surface area contributed by atoms with Gasteiger partial charge in [-0.25, -0.2) is 5.01 Å². The molecule has 2 heteroatoms. The van der Waals surface area contributed by atoms with Gasteiger partial charge in [0.2, 0.25) is 0 Å². The van der Waals surface area contributed by atoms with Crippen LogP contribution in [0.4, 0.5) is 0 Å². The van der Waals surface area contributed by atoms with Crippen LogP contribution < -0.4 is 5.43 Å². The number of fused-ring (bicyclic) bond motifs is 1. The van der Waals surface area contributed by atoms with Gasteiger partial charge in [0.15, 0.2) is 0 Å². The first-order valence-corrected chi connectivity index (χ1v) is 3.74. The minimum atomic E-state index is 0.730. The number of hydrogen-bond donors (Lipinski definition) is 1. The highest BCUT2D eigenvalue weighted by Gasteiger charge is 2.44. The maximum atomic E-state index is 3.40. The summed E-state index contributed by atoms with van der Waals surface area (Å²) in [6, 6.07) is 0.730. The molecule has 1 aliphatic carbocycles. The van der Waals surface area contributed by atoms with Crippen LogP contribution >= 0.6 is 0 Å². The molecule has 52 valence electrons. The molecule has 0 spiro atoms. The van der Waals surface area contributed by atoms with Gasteiger partial charge in [-0.3, -0.25) is 5.43 Å². The quantitative estimate of drug-likeness (QED) is 0.507. The average molecular weight is 126 g/mol. The van der Waals surface area contributed by atoms with Gasteiger partial charge in [0.25, 0.3) is 0 Å². The molecule has 0 bridgehead atoms. The zero-order valence-electron chi connectivity index (χ0n) is 6.09. The molecule has 9 heavy (non-hydrogen) atoms. The van der Waals surface area contributed by atoms with Crippen LogP contribution in [-0.4, -0.2) is 24.6 Å². The standard InChI is InChI=1S/C7H14N2/c1-5-7-3-6(7)4-9(2)8-5/h5-8H,3-4H2,1-2H3. The van der Waals surface area contributed by atoms with Crippen LogP contribution in [0.25, 0.3) is 0 Å². The summed E-state index contributed by atoms with van der Waals surface area (Å²) in [6.45, 7) is 3.54. The molecule has 0 radical (unpaired) electrons. The molecule has 1 N–H and O–H groups in total. The summed E-state index contributed by atoms with van der Waals surface area (Å²) in [5, 5.41) is 2.22. The van der Waals surface area contributed by atoms with Gasteiger partial charge in [-0.15, -0.1) is 0 Å². The van der Waals surface area contributed by atoms with Gasteiger partial charge in [0.05, 0.1) is 0 Å². The Morgan fingerprint density at radius 3 is 3.00 bits per heavy atom. The highest BCUT2D eigenvalue weighted by atomic mass is 15.5. The van der Waals surface area contributed by atoms with Crippen molar-refractivity contribution in [3.05, 3.63) is 0 Å². The smallest absolute Gasteiger partial charge is 0.0218 e. The van der Waals surface area contributed by atoms with Crippen molar-refractivity contribution < 1.29 is 0 Å². The fourth-order valence-corrected chi connectivity index (χ4v) is 1.94. The van der Waals surface area contributed by atoms with E-state index in [1.807, 2.05) is 0 Å². The molecule has 0 aromatic rings. The summed E-state index contributed by atoms with van der Waals surface area (Å²) < 4.78 is 0. The maximum absolute atomic E-state index is 3.40. The molecule has 2 rings (SSSR count). The molecule has 1 saturated carbocycles. The van der Waals surface area contributed by atoms with E-state index in [9.17, 15) is 0 Å². The normalized spacial score (nSPS) is 50.7. The third-order valence-electron chi connectivity index (χ3n) is 2.55. The predicted molar refractivity (Wildman–Crippen MR) is 36.8 cm³/mol. The van der Waals surface area contributed by atoms with E-state index in [0.717, 1.165) is 17.9 Å². The summed E-state index contributed by atoms with van der Waals surface area (Å²) in [5.74, 6) is 2.02. The summed E-state index contributed by atoms with van der Waals surface area (Å²) in [4.78, 5) is 0. The van der Waals surface area contributed by atoms with Crippen LogP contribution in [0.5, 0.6) is 0 Å². The van der Waals surface area contributed by atoms with Crippen molar-refractivity contribution in [1.29, 1.82) is 0 Å². The van der Waals surface area contributed by atoms with E-state index in [0.29, 0.717) is 0 Å². The van der Waals surface area contributed by atoms with Gasteiger partial charge in [0, 0.05) is 19.6 Å². The van der Waals surface area contributed by atoms with Crippen LogP contribution in [0.1, 0.15) is 13.3 Å². The Morgan fingerprint density at radius 2 is 2.33 bits per heavy atom. The lowest BCUT2D eigenvalue weighted by Gasteiger charge is -2.28. The Balaban J connectivity index is 1.99. The second-order valence-corrected chi connectivity index (χ2v) is 3.46. The molecule has 1 heterocycles. The molecule has 1 aliphatic heterocycles. The molecule has 2 fully saturated rings. The van der Waals surface area contributed by atoms with E-state index in [1.165, 1.54) is 13.0 Å². The van der Waals surface area contributed by atoms with E-state index < -0.39 is 0 Å². The zero-order valence-corrected chi connectivity index (χ0v) is 6.09. The number of hydrazine groups is 1. The topological polar surface area (TPSA) is 15.3 Å². The van der Waals surface area contributed by atoms with Crippen molar-refractivity contribution in [1.82, 2.24) is 10.4 Å². The van der Waals surface area contributed by atoms with Crippen molar-refractivity contribution in [3.8, 4) is 0 Å². The molecule has 3 unspecified atom stereocenters. The molecule has 0 amide bonds. The van der Waals surface area contributed by atoms with Gasteiger partial charge >= 0.3 is 0 Å². The average Bonchev–Trinajstić information content (AvgIpc) is 2.43. The highest BCUT2D eigenvalue weighted by molar-refractivity contribution is 4.96. The fourth-order valence-electron chi connectivity index (χ4n) is 1.94. The van der Waals surface area contributed by atoms with Gasteiger partial charge in [-0.2, -0.15) is 0 Å². The number of nitrogens with zero attached hydrogens (tertiary/aromatic N) is 1. The third-order valence-corrected chi connectivity index (χ3v) is 2.55. The second kappa shape index (κ2) is 1.70. The Morgan fingerprint density at radius 1 is 1.56 bits per heavy atom. The minimum absolute atomic E-state index is 0.730. The van der Waals surface area contributed by atoms with Crippen molar-refractivity contribution in [2.45, 2.75) is 19.4 Å². The predicted octanol–water partition coefficient (Wildman–Crippen LogP) is 0.461. The molecule has 1 saturated heterocycles. The van der Waals surface area contributed by atoms with Crippen molar-refractivity contribution in [2.75, 3.05) is 13.6 Å². The SMILES string of the molecule is CC1NN(C)CC2CC21. The molecule has 0 aromatic heterocycles. The summed E-state index contributed by atoms with van der Waals surface area (Å²) >= 11 is 0. The Labute approximate surface area is 56.2 Å². The second-order valence-electron chi connectivity index (χ2n) is 3.46.